The second kappa shape index (κ2) is 8.81. The molecule has 2 aromatic carbocycles. The first kappa shape index (κ1) is 22.4. The molecule has 8 nitrogen and oxygen atoms in total. The zero-order chi connectivity index (χ0) is 22.6. The van der Waals surface area contributed by atoms with Crippen molar-refractivity contribution in [1.29, 1.82) is 0 Å². The number of hydrogen-bond donors (Lipinski definition) is 1. The highest BCUT2D eigenvalue weighted by molar-refractivity contribution is 7.97. The number of hydrogen-bond acceptors (Lipinski definition) is 4. The SMILES string of the molecule is CCc1ccccc1NS(=O)(=O)C1=CC(=[N+]=[N-])C=C/C1=N\S(=O)(=O)c1ccc(C)cc1. The predicted octanol–water partition coefficient (Wildman–Crippen LogP) is 3.25. The van der Waals surface area contributed by atoms with Gasteiger partial charge in [0.1, 0.15) is 4.91 Å². The number of nitrogens with one attached hydrogen (secondary N) is 1. The lowest BCUT2D eigenvalue weighted by atomic mass is 10.1. The van der Waals surface area contributed by atoms with Crippen LogP contribution in [0, 0.1) is 6.92 Å². The summed E-state index contributed by atoms with van der Waals surface area (Å²) in [4.78, 5) is 2.51. The van der Waals surface area contributed by atoms with E-state index in [-0.39, 0.29) is 16.3 Å². The Bertz CT molecular complexity index is 1360. The van der Waals surface area contributed by atoms with Crippen LogP contribution < -0.4 is 4.72 Å². The number of aryl methyl sites for hydroxylation is 2. The molecule has 10 heteroatoms. The van der Waals surface area contributed by atoms with Crippen molar-refractivity contribution in [2.24, 2.45) is 4.40 Å². The van der Waals surface area contributed by atoms with Crippen LogP contribution >= 0.6 is 0 Å². The normalized spacial score (nSPS) is 15.5. The van der Waals surface area contributed by atoms with Gasteiger partial charge in [0, 0.05) is 6.08 Å². The molecule has 0 saturated carbocycles. The van der Waals surface area contributed by atoms with E-state index in [2.05, 4.69) is 13.9 Å². The Morgan fingerprint density at radius 2 is 1.68 bits per heavy atom. The van der Waals surface area contributed by atoms with Gasteiger partial charge in [0.05, 0.1) is 22.4 Å². The molecule has 0 unspecified atom stereocenters. The van der Waals surface area contributed by atoms with E-state index in [1.165, 1.54) is 24.3 Å². The molecule has 0 spiro atoms. The second-order valence-corrected chi connectivity index (χ2v) is 10.0. The van der Waals surface area contributed by atoms with E-state index < -0.39 is 25.0 Å². The van der Waals surface area contributed by atoms with E-state index in [4.69, 9.17) is 5.53 Å². The summed E-state index contributed by atoms with van der Waals surface area (Å²) in [6, 6.07) is 12.9. The maximum atomic E-state index is 13.1. The number of anilines is 1. The lowest BCUT2D eigenvalue weighted by Gasteiger charge is -2.15. The highest BCUT2D eigenvalue weighted by atomic mass is 32.2. The van der Waals surface area contributed by atoms with Crippen molar-refractivity contribution >= 4 is 37.2 Å². The average Bonchev–Trinajstić information content (AvgIpc) is 2.74. The number of nitrogens with zero attached hydrogens (tertiary/aromatic N) is 3. The average molecular weight is 457 g/mol. The highest BCUT2D eigenvalue weighted by Gasteiger charge is 2.29. The van der Waals surface area contributed by atoms with E-state index in [0.717, 1.165) is 17.2 Å². The molecule has 1 aliphatic rings. The van der Waals surface area contributed by atoms with Crippen LogP contribution in [0.25, 0.3) is 5.53 Å². The third kappa shape index (κ3) is 5.05. The number of sulfonamides is 2. The Hall–Kier alpha value is -3.33. The Labute approximate surface area is 181 Å². The van der Waals surface area contributed by atoms with Crippen molar-refractivity contribution in [3.05, 3.63) is 88.3 Å². The quantitative estimate of drug-likeness (QED) is 0.406. The van der Waals surface area contributed by atoms with Crippen LogP contribution in [0.2, 0.25) is 0 Å². The van der Waals surface area contributed by atoms with E-state index in [1.807, 2.05) is 13.8 Å². The van der Waals surface area contributed by atoms with Crippen LogP contribution in [0.5, 0.6) is 0 Å². The fraction of sp³-hybridized carbons (Fsp3) is 0.143. The Kier molecular flexibility index (Phi) is 6.35. The monoisotopic (exact) mass is 456 g/mol. The van der Waals surface area contributed by atoms with Gasteiger partial charge in [-0.15, -0.1) is 0 Å². The van der Waals surface area contributed by atoms with Gasteiger partial charge in [0.15, 0.2) is 0 Å². The third-order valence-electron chi connectivity index (χ3n) is 4.53. The van der Waals surface area contributed by atoms with E-state index in [0.29, 0.717) is 12.1 Å². The van der Waals surface area contributed by atoms with Crippen LogP contribution in [-0.4, -0.2) is 33.0 Å². The van der Waals surface area contributed by atoms with Gasteiger partial charge in [-0.25, -0.2) is 8.42 Å². The highest BCUT2D eigenvalue weighted by Crippen LogP contribution is 2.24. The molecule has 3 rings (SSSR count). The van der Waals surface area contributed by atoms with E-state index in [1.54, 1.807) is 36.4 Å². The number of benzene rings is 2. The van der Waals surface area contributed by atoms with Gasteiger partial charge < -0.3 is 5.53 Å². The molecule has 0 heterocycles. The van der Waals surface area contributed by atoms with Crippen LogP contribution in [0.3, 0.4) is 0 Å². The molecule has 31 heavy (non-hydrogen) atoms. The first-order valence-electron chi connectivity index (χ1n) is 9.31. The van der Waals surface area contributed by atoms with Gasteiger partial charge in [0.25, 0.3) is 20.0 Å². The molecule has 1 N–H and O–H groups in total. The van der Waals surface area contributed by atoms with Crippen molar-refractivity contribution in [2.75, 3.05) is 4.72 Å². The standard InChI is InChI=1S/C21H20N4O4S2/c1-3-16-6-4-5-7-19(16)24-31(28,29)21-14-17(23-22)10-13-20(21)25-30(26,27)18-11-8-15(2)9-12-18/h4-14,24H,3H2,1-2H3/b25-20+. The molecule has 0 aromatic heterocycles. The molecule has 2 aromatic rings. The zero-order valence-electron chi connectivity index (χ0n) is 16.8. The summed E-state index contributed by atoms with van der Waals surface area (Å²) in [6.07, 6.45) is 4.09. The number of rotatable bonds is 6. The summed E-state index contributed by atoms with van der Waals surface area (Å²) in [5.74, 6) is 0. The van der Waals surface area contributed by atoms with Crippen LogP contribution in [0.1, 0.15) is 18.1 Å². The van der Waals surface area contributed by atoms with Gasteiger partial charge in [-0.05, 0) is 43.2 Å². The Balaban J connectivity index is 2.08. The van der Waals surface area contributed by atoms with Crippen molar-refractivity contribution in [1.82, 2.24) is 0 Å². The molecule has 0 fully saturated rings. The minimum Gasteiger partial charge on any atom is -0.361 e. The third-order valence-corrected chi connectivity index (χ3v) is 7.23. The molecule has 1 aliphatic carbocycles. The van der Waals surface area contributed by atoms with Crippen molar-refractivity contribution in [3.8, 4) is 0 Å². The molecule has 160 valence electrons. The van der Waals surface area contributed by atoms with Gasteiger partial charge in [-0.2, -0.15) is 17.6 Å². The Morgan fingerprint density at radius 3 is 2.32 bits per heavy atom. The summed E-state index contributed by atoms with van der Waals surface area (Å²) in [5, 5.41) is 0. The molecule has 0 atom stereocenters. The van der Waals surface area contributed by atoms with Crippen molar-refractivity contribution in [3.63, 3.8) is 0 Å². The molecular formula is C21H20N4O4S2. The first-order valence-corrected chi connectivity index (χ1v) is 12.2. The summed E-state index contributed by atoms with van der Waals surface area (Å²) < 4.78 is 58.0. The van der Waals surface area contributed by atoms with Crippen LogP contribution in [0.4, 0.5) is 5.69 Å². The predicted molar refractivity (Wildman–Crippen MR) is 120 cm³/mol. The van der Waals surface area contributed by atoms with E-state index >= 15 is 0 Å². The summed E-state index contributed by atoms with van der Waals surface area (Å²) in [6.45, 7) is 3.70. The molecule has 0 amide bonds. The zero-order valence-corrected chi connectivity index (χ0v) is 18.5. The molecular weight excluding hydrogens is 436 g/mol. The lowest BCUT2D eigenvalue weighted by Crippen LogP contribution is -2.24. The molecule has 0 aliphatic heterocycles. The fourth-order valence-corrected chi connectivity index (χ4v) is 5.20. The maximum absolute atomic E-state index is 13.1. The minimum absolute atomic E-state index is 0.0594. The van der Waals surface area contributed by atoms with Gasteiger partial charge in [0.2, 0.25) is 0 Å². The van der Waals surface area contributed by atoms with Crippen LogP contribution in [-0.2, 0) is 26.5 Å². The van der Waals surface area contributed by atoms with Crippen molar-refractivity contribution in [2.45, 2.75) is 25.2 Å². The smallest absolute Gasteiger partial charge is 0.316 e. The van der Waals surface area contributed by atoms with Gasteiger partial charge >= 0.3 is 5.71 Å². The maximum Gasteiger partial charge on any atom is 0.316 e. The van der Waals surface area contributed by atoms with Crippen LogP contribution in [0.15, 0.2) is 81.0 Å². The summed E-state index contributed by atoms with van der Waals surface area (Å²) in [5.41, 5.74) is 10.7. The number of para-hydroxylation sites is 1. The molecule has 0 saturated heterocycles. The minimum atomic E-state index is -4.25. The summed E-state index contributed by atoms with van der Waals surface area (Å²) >= 11 is 0. The van der Waals surface area contributed by atoms with Crippen molar-refractivity contribution < 1.29 is 21.6 Å². The molecule has 0 bridgehead atoms. The van der Waals surface area contributed by atoms with Gasteiger partial charge in [-0.1, -0.05) is 42.8 Å². The largest absolute Gasteiger partial charge is 0.361 e. The molecule has 0 radical (unpaired) electrons. The van der Waals surface area contributed by atoms with E-state index in [9.17, 15) is 16.8 Å². The summed E-state index contributed by atoms with van der Waals surface area (Å²) in [7, 11) is -8.43. The first-order chi connectivity index (χ1) is 14.7. The fourth-order valence-electron chi connectivity index (χ4n) is 2.88. The number of allylic oxidation sites excluding steroid dienone is 4. The Morgan fingerprint density at radius 1 is 1.00 bits per heavy atom. The van der Waals surface area contributed by atoms with Gasteiger partial charge in [-0.3, -0.25) is 4.72 Å². The topological polar surface area (TPSA) is 129 Å². The second-order valence-electron chi connectivity index (χ2n) is 6.75. The lowest BCUT2D eigenvalue weighted by molar-refractivity contribution is -0.00154.